The fraction of sp³-hybridized carbons (Fsp3) is 0.647. The Morgan fingerprint density at radius 1 is 1.25 bits per heavy atom. The molecule has 0 heterocycles. The lowest BCUT2D eigenvalue weighted by Gasteiger charge is -2.36. The highest BCUT2D eigenvalue weighted by molar-refractivity contribution is 5.35. The summed E-state index contributed by atoms with van der Waals surface area (Å²) in [5.74, 6) is 0.421. The summed E-state index contributed by atoms with van der Waals surface area (Å²) < 4.78 is 0. The van der Waals surface area contributed by atoms with E-state index in [1.807, 2.05) is 12.1 Å². The highest BCUT2D eigenvalue weighted by Gasteiger charge is 2.24. The van der Waals surface area contributed by atoms with Crippen molar-refractivity contribution in [1.29, 1.82) is 0 Å². The van der Waals surface area contributed by atoms with E-state index in [-0.39, 0.29) is 0 Å². The van der Waals surface area contributed by atoms with E-state index in [1.165, 1.54) is 18.4 Å². The fourth-order valence-corrected chi connectivity index (χ4v) is 3.20. The van der Waals surface area contributed by atoms with Crippen LogP contribution in [0.4, 0.5) is 0 Å². The molecule has 1 saturated carbocycles. The van der Waals surface area contributed by atoms with Gasteiger partial charge in [-0.1, -0.05) is 24.6 Å². The first-order valence-electron chi connectivity index (χ1n) is 7.88. The highest BCUT2D eigenvalue weighted by Crippen LogP contribution is 2.26. The Morgan fingerprint density at radius 3 is 2.60 bits per heavy atom. The zero-order chi connectivity index (χ0) is 14.5. The molecule has 1 aromatic carbocycles. The lowest BCUT2D eigenvalue weighted by atomic mass is 9.90. The molecule has 0 saturated heterocycles. The number of rotatable bonds is 5. The van der Waals surface area contributed by atoms with Crippen LogP contribution in [0.15, 0.2) is 18.2 Å². The molecule has 2 rings (SSSR count). The third-order valence-corrected chi connectivity index (χ3v) is 4.38. The van der Waals surface area contributed by atoms with Crippen molar-refractivity contribution in [3.8, 4) is 5.75 Å². The number of phenols is 1. The van der Waals surface area contributed by atoms with Crippen molar-refractivity contribution in [2.24, 2.45) is 5.73 Å². The molecule has 0 amide bonds. The minimum atomic E-state index is 0.391. The maximum absolute atomic E-state index is 10.0. The number of phenolic OH excluding ortho intramolecular Hbond substituents is 1. The first-order chi connectivity index (χ1) is 9.60. The number of aryl methyl sites for hydroxylation is 1. The lowest BCUT2D eigenvalue weighted by Crippen LogP contribution is -2.40. The Morgan fingerprint density at radius 2 is 1.95 bits per heavy atom. The minimum absolute atomic E-state index is 0.391. The van der Waals surface area contributed by atoms with Gasteiger partial charge in [-0.2, -0.15) is 0 Å². The summed E-state index contributed by atoms with van der Waals surface area (Å²) >= 11 is 0. The summed E-state index contributed by atoms with van der Waals surface area (Å²) in [6, 6.07) is 6.89. The summed E-state index contributed by atoms with van der Waals surface area (Å²) in [4.78, 5) is 2.53. The number of nitrogens with zero attached hydrogens (tertiary/aromatic N) is 1. The Kier molecular flexibility index (Phi) is 5.44. The average Bonchev–Trinajstić information content (AvgIpc) is 2.43. The normalized spacial score (nSPS) is 23.2. The van der Waals surface area contributed by atoms with Crippen LogP contribution in [0.1, 0.15) is 50.2 Å². The Hall–Kier alpha value is -1.06. The molecule has 0 bridgehead atoms. The van der Waals surface area contributed by atoms with Crippen molar-refractivity contribution < 1.29 is 5.11 Å². The van der Waals surface area contributed by atoms with E-state index < -0.39 is 0 Å². The van der Waals surface area contributed by atoms with Gasteiger partial charge >= 0.3 is 0 Å². The summed E-state index contributed by atoms with van der Waals surface area (Å²) in [7, 11) is 0. The number of aromatic hydroxyl groups is 1. The Balaban J connectivity index is 2.06. The first kappa shape index (κ1) is 15.3. The smallest absolute Gasteiger partial charge is 0.120 e. The van der Waals surface area contributed by atoms with Gasteiger partial charge < -0.3 is 10.8 Å². The molecule has 3 N–H and O–H groups in total. The molecular formula is C17H28N2O. The zero-order valence-corrected chi connectivity index (χ0v) is 12.8. The second-order valence-corrected chi connectivity index (χ2v) is 6.17. The van der Waals surface area contributed by atoms with Crippen LogP contribution in [0, 0.1) is 6.92 Å². The van der Waals surface area contributed by atoms with Gasteiger partial charge in [0.25, 0.3) is 0 Å². The van der Waals surface area contributed by atoms with E-state index in [0.717, 1.165) is 37.9 Å². The van der Waals surface area contributed by atoms with Crippen LogP contribution in [0.25, 0.3) is 0 Å². The standard InChI is InChI=1S/C17H28N2O/c1-3-10-19(16-7-5-15(18)6-8-16)12-14-11-13(2)4-9-17(14)20/h4,9,11,15-16,20H,3,5-8,10,12,18H2,1-2H3. The van der Waals surface area contributed by atoms with Gasteiger partial charge in [-0.15, -0.1) is 0 Å². The maximum atomic E-state index is 10.0. The minimum Gasteiger partial charge on any atom is -0.508 e. The van der Waals surface area contributed by atoms with Gasteiger partial charge in [0, 0.05) is 24.2 Å². The van der Waals surface area contributed by atoms with Crippen molar-refractivity contribution in [1.82, 2.24) is 4.90 Å². The molecule has 1 aliphatic carbocycles. The van der Waals surface area contributed by atoms with E-state index in [4.69, 9.17) is 5.73 Å². The molecule has 0 atom stereocenters. The van der Waals surface area contributed by atoms with Crippen LogP contribution < -0.4 is 5.73 Å². The van der Waals surface area contributed by atoms with Crippen molar-refractivity contribution in [3.63, 3.8) is 0 Å². The van der Waals surface area contributed by atoms with Crippen LogP contribution >= 0.6 is 0 Å². The van der Waals surface area contributed by atoms with Gasteiger partial charge in [0.2, 0.25) is 0 Å². The zero-order valence-electron chi connectivity index (χ0n) is 12.8. The number of hydrogen-bond donors (Lipinski definition) is 2. The van der Waals surface area contributed by atoms with Crippen molar-refractivity contribution in [3.05, 3.63) is 29.3 Å². The Labute approximate surface area is 122 Å². The third-order valence-electron chi connectivity index (χ3n) is 4.38. The number of nitrogens with two attached hydrogens (primary N) is 1. The van der Waals surface area contributed by atoms with Gasteiger partial charge in [0.15, 0.2) is 0 Å². The van der Waals surface area contributed by atoms with Crippen LogP contribution in [-0.2, 0) is 6.54 Å². The molecule has 0 unspecified atom stereocenters. The summed E-state index contributed by atoms with van der Waals surface area (Å²) in [6.45, 7) is 6.24. The van der Waals surface area contributed by atoms with E-state index >= 15 is 0 Å². The second kappa shape index (κ2) is 7.09. The van der Waals surface area contributed by atoms with Crippen LogP contribution in [0.5, 0.6) is 5.75 Å². The van der Waals surface area contributed by atoms with Crippen molar-refractivity contribution >= 4 is 0 Å². The van der Waals surface area contributed by atoms with Gasteiger partial charge in [0.05, 0.1) is 0 Å². The fourth-order valence-electron chi connectivity index (χ4n) is 3.20. The molecule has 20 heavy (non-hydrogen) atoms. The van der Waals surface area contributed by atoms with E-state index in [1.54, 1.807) is 0 Å². The summed E-state index contributed by atoms with van der Waals surface area (Å²) in [6.07, 6.45) is 5.78. The summed E-state index contributed by atoms with van der Waals surface area (Å²) in [5, 5.41) is 10.0. The second-order valence-electron chi connectivity index (χ2n) is 6.17. The van der Waals surface area contributed by atoms with Crippen molar-refractivity contribution in [2.45, 2.75) is 64.6 Å². The van der Waals surface area contributed by atoms with Gasteiger partial charge in [0.1, 0.15) is 5.75 Å². The molecular weight excluding hydrogens is 248 g/mol. The quantitative estimate of drug-likeness (QED) is 0.868. The number of benzene rings is 1. The average molecular weight is 276 g/mol. The molecule has 0 aliphatic heterocycles. The molecule has 112 valence electrons. The maximum Gasteiger partial charge on any atom is 0.120 e. The Bertz CT molecular complexity index is 425. The highest BCUT2D eigenvalue weighted by atomic mass is 16.3. The van der Waals surface area contributed by atoms with Gasteiger partial charge in [-0.3, -0.25) is 4.90 Å². The molecule has 3 heteroatoms. The van der Waals surface area contributed by atoms with Gasteiger partial charge in [-0.25, -0.2) is 0 Å². The summed E-state index contributed by atoms with van der Waals surface area (Å²) in [5.41, 5.74) is 8.27. The van der Waals surface area contributed by atoms with E-state index in [9.17, 15) is 5.11 Å². The predicted molar refractivity (Wildman–Crippen MR) is 83.8 cm³/mol. The molecule has 1 fully saturated rings. The SMILES string of the molecule is CCCN(Cc1cc(C)ccc1O)C1CCC(N)CC1. The van der Waals surface area contributed by atoms with Crippen LogP contribution in [0.3, 0.4) is 0 Å². The molecule has 0 radical (unpaired) electrons. The molecule has 0 aromatic heterocycles. The van der Waals surface area contributed by atoms with Gasteiger partial charge in [-0.05, 0) is 51.6 Å². The topological polar surface area (TPSA) is 49.5 Å². The molecule has 3 nitrogen and oxygen atoms in total. The van der Waals surface area contributed by atoms with E-state index in [2.05, 4.69) is 24.8 Å². The van der Waals surface area contributed by atoms with Crippen LogP contribution in [0.2, 0.25) is 0 Å². The molecule has 1 aliphatic rings. The number of hydrogen-bond acceptors (Lipinski definition) is 3. The monoisotopic (exact) mass is 276 g/mol. The third kappa shape index (κ3) is 3.97. The van der Waals surface area contributed by atoms with E-state index in [0.29, 0.717) is 17.8 Å². The lowest BCUT2D eigenvalue weighted by molar-refractivity contribution is 0.141. The first-order valence-corrected chi connectivity index (χ1v) is 7.88. The molecule has 0 spiro atoms. The largest absolute Gasteiger partial charge is 0.508 e. The van der Waals surface area contributed by atoms with Crippen molar-refractivity contribution in [2.75, 3.05) is 6.54 Å². The molecule has 1 aromatic rings. The van der Waals surface area contributed by atoms with Crippen LogP contribution in [-0.4, -0.2) is 28.6 Å². The predicted octanol–water partition coefficient (Wildman–Crippen LogP) is 3.18.